The van der Waals surface area contributed by atoms with Crippen LogP contribution in [0.4, 0.5) is 11.5 Å². The summed E-state index contributed by atoms with van der Waals surface area (Å²) in [6.07, 6.45) is 4.52. The van der Waals surface area contributed by atoms with Crippen molar-refractivity contribution in [3.8, 4) is 5.75 Å². The highest BCUT2D eigenvalue weighted by atomic mass is 16.5. The summed E-state index contributed by atoms with van der Waals surface area (Å²) in [6, 6.07) is 9.61. The molecular weight excluding hydrogens is 344 g/mol. The van der Waals surface area contributed by atoms with Crippen LogP contribution in [-0.2, 0) is 6.54 Å². The molecule has 3 aromatic rings. The highest BCUT2D eigenvalue weighted by Crippen LogP contribution is 2.28. The molecule has 1 amide bonds. The summed E-state index contributed by atoms with van der Waals surface area (Å²) in [5.74, 6) is 0.715. The van der Waals surface area contributed by atoms with Crippen LogP contribution in [0.5, 0.6) is 5.75 Å². The zero-order chi connectivity index (χ0) is 18.8. The number of aromatic nitrogens is 3. The highest BCUT2D eigenvalue weighted by molar-refractivity contribution is 6.13. The SMILES string of the molecule is COc1cnc(C2=NCc3ccccc32)nc1Nc1ccncc1C(N)=O. The van der Waals surface area contributed by atoms with E-state index in [9.17, 15) is 4.79 Å². The number of hydrogen-bond acceptors (Lipinski definition) is 7. The van der Waals surface area contributed by atoms with Gasteiger partial charge in [0.2, 0.25) is 0 Å². The van der Waals surface area contributed by atoms with Crippen molar-refractivity contribution in [2.24, 2.45) is 10.7 Å². The van der Waals surface area contributed by atoms with Crippen LogP contribution < -0.4 is 15.8 Å². The monoisotopic (exact) mass is 360 g/mol. The molecule has 27 heavy (non-hydrogen) atoms. The molecule has 8 heteroatoms. The average Bonchev–Trinajstić information content (AvgIpc) is 3.12. The van der Waals surface area contributed by atoms with Crippen LogP contribution in [0.15, 0.2) is 53.9 Å². The predicted octanol–water partition coefficient (Wildman–Crippen LogP) is 2.07. The normalized spacial score (nSPS) is 12.3. The molecule has 0 radical (unpaired) electrons. The van der Waals surface area contributed by atoms with Gasteiger partial charge in [0.05, 0.1) is 31.1 Å². The zero-order valence-corrected chi connectivity index (χ0v) is 14.5. The summed E-state index contributed by atoms with van der Waals surface area (Å²) in [6.45, 7) is 0.597. The fourth-order valence-corrected chi connectivity index (χ4v) is 2.88. The van der Waals surface area contributed by atoms with Crippen LogP contribution >= 0.6 is 0 Å². The number of nitrogens with one attached hydrogen (secondary N) is 1. The second-order valence-corrected chi connectivity index (χ2v) is 5.84. The van der Waals surface area contributed by atoms with Crippen LogP contribution in [0, 0.1) is 0 Å². The van der Waals surface area contributed by atoms with E-state index >= 15 is 0 Å². The first kappa shape index (κ1) is 16.6. The predicted molar refractivity (Wildman–Crippen MR) is 100 cm³/mol. The highest BCUT2D eigenvalue weighted by Gasteiger charge is 2.21. The summed E-state index contributed by atoms with van der Waals surface area (Å²) in [7, 11) is 1.52. The number of fused-ring (bicyclic) bond motifs is 1. The summed E-state index contributed by atoms with van der Waals surface area (Å²) in [4.78, 5) is 29.1. The third-order valence-electron chi connectivity index (χ3n) is 4.21. The third kappa shape index (κ3) is 3.08. The quantitative estimate of drug-likeness (QED) is 0.720. The molecular formula is C19H16N6O2. The standard InChI is InChI=1S/C19H16N6O2/c1-27-15-10-23-19(16-12-5-3-2-4-11(12)8-22-16)25-18(15)24-14-6-7-21-9-13(14)17(20)26/h2-7,9-10H,8H2,1H3,(H2,20,26)(H,21,23,24,25). The molecule has 1 aliphatic heterocycles. The minimum atomic E-state index is -0.590. The van der Waals surface area contributed by atoms with Gasteiger partial charge in [0.1, 0.15) is 5.71 Å². The Kier molecular flexibility index (Phi) is 4.21. The van der Waals surface area contributed by atoms with Crippen LogP contribution in [0.2, 0.25) is 0 Å². The van der Waals surface area contributed by atoms with Gasteiger partial charge in [-0.25, -0.2) is 9.97 Å². The molecule has 4 rings (SSSR count). The summed E-state index contributed by atoms with van der Waals surface area (Å²) < 4.78 is 5.35. The second kappa shape index (κ2) is 6.83. The number of nitrogens with two attached hydrogens (primary N) is 1. The van der Waals surface area contributed by atoms with Crippen molar-refractivity contribution in [1.29, 1.82) is 0 Å². The zero-order valence-electron chi connectivity index (χ0n) is 14.5. The van der Waals surface area contributed by atoms with E-state index in [0.29, 0.717) is 29.6 Å². The van der Waals surface area contributed by atoms with Gasteiger partial charge in [-0.05, 0) is 11.6 Å². The summed E-state index contributed by atoms with van der Waals surface area (Å²) in [5.41, 5.74) is 9.02. The summed E-state index contributed by atoms with van der Waals surface area (Å²) >= 11 is 0. The third-order valence-corrected chi connectivity index (χ3v) is 4.21. The van der Waals surface area contributed by atoms with Crippen LogP contribution in [0.3, 0.4) is 0 Å². The Hall–Kier alpha value is -3.81. The first-order chi connectivity index (χ1) is 13.2. The van der Waals surface area contributed by atoms with Gasteiger partial charge < -0.3 is 15.8 Å². The van der Waals surface area contributed by atoms with Crippen LogP contribution in [0.1, 0.15) is 27.3 Å². The molecule has 134 valence electrons. The first-order valence-corrected chi connectivity index (χ1v) is 8.22. The molecule has 2 aromatic heterocycles. The lowest BCUT2D eigenvalue weighted by atomic mass is 10.1. The van der Waals surface area contributed by atoms with E-state index in [0.717, 1.165) is 16.8 Å². The molecule has 8 nitrogen and oxygen atoms in total. The lowest BCUT2D eigenvalue weighted by Crippen LogP contribution is -2.15. The minimum Gasteiger partial charge on any atom is -0.491 e. The van der Waals surface area contributed by atoms with E-state index in [1.807, 2.05) is 24.3 Å². The number of aliphatic imine (C=N–C) groups is 1. The van der Waals surface area contributed by atoms with E-state index in [-0.39, 0.29) is 5.56 Å². The Morgan fingerprint density at radius 3 is 2.89 bits per heavy atom. The number of anilines is 2. The van der Waals surface area contributed by atoms with Gasteiger partial charge in [-0.2, -0.15) is 0 Å². The Morgan fingerprint density at radius 1 is 1.22 bits per heavy atom. The molecule has 1 aromatic carbocycles. The molecule has 0 atom stereocenters. The van der Waals surface area contributed by atoms with Crippen LogP contribution in [-0.4, -0.2) is 33.7 Å². The second-order valence-electron chi connectivity index (χ2n) is 5.84. The molecule has 3 heterocycles. The van der Waals surface area contributed by atoms with Crippen molar-refractivity contribution < 1.29 is 9.53 Å². The fraction of sp³-hybridized carbons (Fsp3) is 0.105. The van der Waals surface area contributed by atoms with Gasteiger partial charge in [0.15, 0.2) is 17.4 Å². The van der Waals surface area contributed by atoms with Gasteiger partial charge in [0.25, 0.3) is 5.91 Å². The lowest BCUT2D eigenvalue weighted by molar-refractivity contribution is 0.100. The number of nitrogens with zero attached hydrogens (tertiary/aromatic N) is 4. The minimum absolute atomic E-state index is 0.253. The Bertz CT molecular complexity index is 1060. The molecule has 0 aliphatic carbocycles. The maximum Gasteiger partial charge on any atom is 0.252 e. The van der Waals surface area contributed by atoms with Gasteiger partial charge in [-0.15, -0.1) is 0 Å². The van der Waals surface area contributed by atoms with E-state index in [4.69, 9.17) is 10.5 Å². The van der Waals surface area contributed by atoms with E-state index in [1.165, 1.54) is 13.3 Å². The number of benzene rings is 1. The first-order valence-electron chi connectivity index (χ1n) is 8.22. The van der Waals surface area contributed by atoms with E-state index < -0.39 is 5.91 Å². The maximum atomic E-state index is 11.6. The molecule has 0 spiro atoms. The number of methoxy groups -OCH3 is 1. The number of rotatable bonds is 5. The van der Waals surface area contributed by atoms with Crippen molar-refractivity contribution in [1.82, 2.24) is 15.0 Å². The van der Waals surface area contributed by atoms with E-state index in [2.05, 4.69) is 25.3 Å². The molecule has 0 unspecified atom stereocenters. The van der Waals surface area contributed by atoms with Gasteiger partial charge in [-0.1, -0.05) is 24.3 Å². The average molecular weight is 360 g/mol. The Labute approximate surface area is 155 Å². The van der Waals surface area contributed by atoms with Crippen molar-refractivity contribution in [2.45, 2.75) is 6.54 Å². The number of carbonyl (C=O) groups excluding carboxylic acids is 1. The van der Waals surface area contributed by atoms with Gasteiger partial charge >= 0.3 is 0 Å². The molecule has 1 aliphatic rings. The van der Waals surface area contributed by atoms with Gasteiger partial charge in [0, 0.05) is 18.0 Å². The van der Waals surface area contributed by atoms with Crippen molar-refractivity contribution in [3.63, 3.8) is 0 Å². The Morgan fingerprint density at radius 2 is 2.07 bits per heavy atom. The summed E-state index contributed by atoms with van der Waals surface area (Å²) in [5, 5.41) is 3.09. The van der Waals surface area contributed by atoms with Gasteiger partial charge in [-0.3, -0.25) is 14.8 Å². The molecule has 0 fully saturated rings. The van der Waals surface area contributed by atoms with Crippen molar-refractivity contribution in [2.75, 3.05) is 12.4 Å². The molecule has 0 saturated heterocycles. The number of pyridine rings is 1. The Balaban J connectivity index is 1.74. The van der Waals surface area contributed by atoms with Crippen molar-refractivity contribution >= 4 is 23.1 Å². The largest absolute Gasteiger partial charge is 0.491 e. The maximum absolute atomic E-state index is 11.6. The number of ether oxygens (including phenoxy) is 1. The molecule has 0 saturated carbocycles. The van der Waals surface area contributed by atoms with E-state index in [1.54, 1.807) is 18.5 Å². The van der Waals surface area contributed by atoms with Crippen molar-refractivity contribution in [3.05, 3.63) is 71.4 Å². The topological polar surface area (TPSA) is 115 Å². The molecule has 3 N–H and O–H groups in total. The number of primary amides is 1. The lowest BCUT2D eigenvalue weighted by Gasteiger charge is -2.13. The molecule has 0 bridgehead atoms. The number of amides is 1. The number of hydrogen-bond donors (Lipinski definition) is 2. The fourth-order valence-electron chi connectivity index (χ4n) is 2.88. The number of carbonyl (C=O) groups is 1. The smallest absolute Gasteiger partial charge is 0.252 e. The van der Waals surface area contributed by atoms with Crippen LogP contribution in [0.25, 0.3) is 0 Å².